The minimum atomic E-state index is -0.618. The fourth-order valence-electron chi connectivity index (χ4n) is 3.78. The molecular weight excluding hydrogens is 397 g/mol. The second kappa shape index (κ2) is 9.45. The van der Waals surface area contributed by atoms with Crippen molar-refractivity contribution in [3.63, 3.8) is 0 Å². The number of likely N-dealkylation sites (tertiary alicyclic amines) is 1. The number of nitrogens with zero attached hydrogens (tertiary/aromatic N) is 1. The van der Waals surface area contributed by atoms with Crippen LogP contribution in [-0.2, 0) is 30.2 Å². The second-order valence-electron chi connectivity index (χ2n) is 9.04. The number of methoxy groups -OCH3 is 1. The molecule has 0 aromatic heterocycles. The summed E-state index contributed by atoms with van der Waals surface area (Å²) in [5, 5.41) is 0. The van der Waals surface area contributed by atoms with E-state index in [1.807, 2.05) is 58.0 Å². The molecule has 31 heavy (non-hydrogen) atoms. The van der Waals surface area contributed by atoms with Crippen molar-refractivity contribution in [1.29, 1.82) is 0 Å². The van der Waals surface area contributed by atoms with Crippen LogP contribution < -0.4 is 0 Å². The fraction of sp³-hybridized carbons (Fsp3) is 0.565. The molecule has 1 aromatic carbocycles. The van der Waals surface area contributed by atoms with Gasteiger partial charge in [-0.05, 0) is 58.0 Å². The molecule has 2 aliphatic rings. The number of carbonyl (C=O) groups is 2. The first kappa shape index (κ1) is 23.4. The normalized spacial score (nSPS) is 21.1. The molecule has 0 unspecified atom stereocenters. The molecule has 2 heterocycles. The van der Waals surface area contributed by atoms with Crippen molar-refractivity contribution in [3.8, 4) is 0 Å². The van der Waals surface area contributed by atoms with Gasteiger partial charge in [-0.15, -0.1) is 0 Å². The number of esters is 1. The van der Waals surface area contributed by atoms with Gasteiger partial charge in [-0.1, -0.05) is 30.3 Å². The van der Waals surface area contributed by atoms with Gasteiger partial charge < -0.3 is 23.7 Å². The number of ether oxygens (including phenoxy) is 2. The first-order valence-corrected chi connectivity index (χ1v) is 10.7. The highest BCUT2D eigenvalue weighted by atomic mass is 16.7. The average molecular weight is 429 g/mol. The van der Waals surface area contributed by atoms with Gasteiger partial charge in [0.05, 0.1) is 18.3 Å². The Hall–Kier alpha value is -2.32. The van der Waals surface area contributed by atoms with Crippen molar-refractivity contribution in [3.05, 3.63) is 47.4 Å². The number of rotatable bonds is 5. The number of benzene rings is 1. The Bertz CT molecular complexity index is 799. The molecule has 8 heteroatoms. The first-order chi connectivity index (χ1) is 14.6. The lowest BCUT2D eigenvalue weighted by atomic mass is 9.80. The molecule has 0 aliphatic carbocycles. The van der Waals surface area contributed by atoms with E-state index in [1.165, 1.54) is 7.11 Å². The molecule has 0 saturated carbocycles. The van der Waals surface area contributed by atoms with Crippen LogP contribution in [0.15, 0.2) is 41.9 Å². The molecule has 0 atom stereocenters. The largest absolute Gasteiger partial charge is 0.487 e. The Morgan fingerprint density at radius 1 is 1.10 bits per heavy atom. The lowest BCUT2D eigenvalue weighted by Gasteiger charge is -2.32. The van der Waals surface area contributed by atoms with Gasteiger partial charge in [-0.3, -0.25) is 0 Å². The summed E-state index contributed by atoms with van der Waals surface area (Å²) in [6, 6.07) is 9.59. The number of carbonyl (C=O) groups excluding carboxylic acids is 2. The van der Waals surface area contributed by atoms with E-state index in [0.717, 1.165) is 5.56 Å². The van der Waals surface area contributed by atoms with E-state index in [2.05, 4.69) is 0 Å². The van der Waals surface area contributed by atoms with Crippen LogP contribution in [0.3, 0.4) is 0 Å². The van der Waals surface area contributed by atoms with E-state index in [9.17, 15) is 9.59 Å². The van der Waals surface area contributed by atoms with Crippen LogP contribution in [0.4, 0.5) is 4.79 Å². The zero-order chi connectivity index (χ0) is 22.6. The summed E-state index contributed by atoms with van der Waals surface area (Å²) >= 11 is 0. The summed E-state index contributed by atoms with van der Waals surface area (Å²) in [7, 11) is 0.754. The molecule has 2 saturated heterocycles. The van der Waals surface area contributed by atoms with Crippen molar-refractivity contribution in [2.24, 2.45) is 5.92 Å². The molecule has 0 N–H and O–H groups in total. The number of hydrogen-bond acceptors (Lipinski definition) is 6. The van der Waals surface area contributed by atoms with Gasteiger partial charge in [-0.25, -0.2) is 9.59 Å². The van der Waals surface area contributed by atoms with Crippen LogP contribution in [0.25, 0.3) is 0 Å². The average Bonchev–Trinajstić information content (AvgIpc) is 2.96. The van der Waals surface area contributed by atoms with Crippen molar-refractivity contribution in [2.75, 3.05) is 20.2 Å². The smallest absolute Gasteiger partial charge is 0.466 e. The lowest BCUT2D eigenvalue weighted by Crippen LogP contribution is -2.41. The molecule has 2 fully saturated rings. The van der Waals surface area contributed by atoms with Crippen molar-refractivity contribution in [1.82, 2.24) is 4.90 Å². The Morgan fingerprint density at radius 3 is 2.23 bits per heavy atom. The third kappa shape index (κ3) is 5.49. The fourth-order valence-corrected chi connectivity index (χ4v) is 3.78. The molecule has 168 valence electrons. The summed E-state index contributed by atoms with van der Waals surface area (Å²) in [6.07, 6.45) is 0.943. The Kier molecular flexibility index (Phi) is 7.11. The zero-order valence-electron chi connectivity index (χ0n) is 19.1. The van der Waals surface area contributed by atoms with E-state index in [4.69, 9.17) is 18.8 Å². The third-order valence-electron chi connectivity index (χ3n) is 6.41. The third-order valence-corrected chi connectivity index (χ3v) is 6.41. The minimum absolute atomic E-state index is 0.0374. The molecule has 0 spiro atoms. The van der Waals surface area contributed by atoms with Gasteiger partial charge in [0.25, 0.3) is 0 Å². The van der Waals surface area contributed by atoms with E-state index < -0.39 is 18.3 Å². The van der Waals surface area contributed by atoms with Crippen molar-refractivity contribution >= 4 is 19.2 Å². The highest BCUT2D eigenvalue weighted by Gasteiger charge is 2.50. The number of piperidine rings is 1. The van der Waals surface area contributed by atoms with Gasteiger partial charge in [0.1, 0.15) is 6.61 Å². The summed E-state index contributed by atoms with van der Waals surface area (Å²) in [5.41, 5.74) is 0.519. The van der Waals surface area contributed by atoms with E-state index >= 15 is 0 Å². The highest BCUT2D eigenvalue weighted by molar-refractivity contribution is 6.52. The van der Waals surface area contributed by atoms with Gasteiger partial charge in [0, 0.05) is 18.7 Å². The zero-order valence-corrected chi connectivity index (χ0v) is 19.1. The molecule has 3 rings (SSSR count). The monoisotopic (exact) mass is 429 g/mol. The van der Waals surface area contributed by atoms with Gasteiger partial charge >= 0.3 is 19.2 Å². The van der Waals surface area contributed by atoms with Crippen LogP contribution in [0.1, 0.15) is 46.1 Å². The van der Waals surface area contributed by atoms with Crippen molar-refractivity contribution in [2.45, 2.75) is 58.3 Å². The molecule has 1 aromatic rings. The molecule has 0 bridgehead atoms. The highest BCUT2D eigenvalue weighted by Crippen LogP contribution is 2.38. The first-order valence-electron chi connectivity index (χ1n) is 10.7. The van der Waals surface area contributed by atoms with Gasteiger partial charge in [0.2, 0.25) is 0 Å². The summed E-state index contributed by atoms with van der Waals surface area (Å²) in [5.74, 6) is 1.31. The van der Waals surface area contributed by atoms with Crippen LogP contribution in [0.5, 0.6) is 0 Å². The van der Waals surface area contributed by atoms with E-state index in [0.29, 0.717) is 31.5 Å². The summed E-state index contributed by atoms with van der Waals surface area (Å²) in [6.45, 7) is 9.15. The molecule has 1 amide bonds. The summed E-state index contributed by atoms with van der Waals surface area (Å²) < 4.78 is 22.5. The van der Waals surface area contributed by atoms with Crippen molar-refractivity contribution < 1.29 is 28.4 Å². The number of hydrogen-bond donors (Lipinski definition) is 0. The number of amides is 1. The van der Waals surface area contributed by atoms with Crippen LogP contribution >= 0.6 is 0 Å². The van der Waals surface area contributed by atoms with Gasteiger partial charge in [-0.2, -0.15) is 0 Å². The van der Waals surface area contributed by atoms with Crippen LogP contribution in [0.2, 0.25) is 0 Å². The maximum absolute atomic E-state index is 12.5. The molecular formula is C23H32BNO6. The maximum atomic E-state index is 12.5. The minimum Gasteiger partial charge on any atom is -0.466 e. The predicted octanol–water partition coefficient (Wildman–Crippen LogP) is 3.77. The lowest BCUT2D eigenvalue weighted by molar-refractivity contribution is -0.136. The standard InChI is InChI=1S/C23H32BNO6/c1-22(2)23(3,4)31-24(30-22)15-19(20(26)28-5)18-11-13-25(14-12-18)21(27)29-16-17-9-7-6-8-10-17/h6-10,15,18H,11-14,16H2,1-5H3/b19-15-. The molecule has 7 nitrogen and oxygen atoms in total. The predicted molar refractivity (Wildman–Crippen MR) is 117 cm³/mol. The maximum Gasteiger partial charge on any atom is 0.487 e. The Morgan fingerprint density at radius 2 is 1.68 bits per heavy atom. The molecule has 0 radical (unpaired) electrons. The van der Waals surface area contributed by atoms with E-state index in [1.54, 1.807) is 10.9 Å². The second-order valence-corrected chi connectivity index (χ2v) is 9.04. The quantitative estimate of drug-likeness (QED) is 0.403. The summed E-state index contributed by atoms with van der Waals surface area (Å²) in [4.78, 5) is 26.6. The van der Waals surface area contributed by atoms with Gasteiger partial charge in [0.15, 0.2) is 0 Å². The van der Waals surface area contributed by atoms with Crippen LogP contribution in [0, 0.1) is 5.92 Å². The topological polar surface area (TPSA) is 74.3 Å². The Labute approximate surface area is 184 Å². The van der Waals surface area contributed by atoms with E-state index in [-0.39, 0.29) is 24.6 Å². The van der Waals surface area contributed by atoms with Crippen LogP contribution in [-0.4, -0.2) is 55.5 Å². The SMILES string of the molecule is COC(=O)/C(=C\B1OC(C)(C)C(C)(C)O1)C1CCN(C(=O)OCc2ccccc2)CC1. The Balaban J connectivity index is 1.60. The molecule has 2 aliphatic heterocycles.